The van der Waals surface area contributed by atoms with Crippen LogP contribution in [0.25, 0.3) is 0 Å². The first-order valence-electron chi connectivity index (χ1n) is 4.87. The zero-order chi connectivity index (χ0) is 12.0. The molecule has 0 bridgehead atoms. The highest BCUT2D eigenvalue weighted by Crippen LogP contribution is 2.12. The fraction of sp³-hybridized carbons (Fsp3) is 0.500. The number of hydrogen-bond donors (Lipinski definition) is 2. The van der Waals surface area contributed by atoms with E-state index in [1.807, 2.05) is 12.3 Å². The van der Waals surface area contributed by atoms with Crippen molar-refractivity contribution >= 4 is 5.91 Å². The molecule has 90 valence electrons. The van der Waals surface area contributed by atoms with Gasteiger partial charge in [0.05, 0.1) is 25.6 Å². The van der Waals surface area contributed by atoms with E-state index in [1.54, 1.807) is 13.2 Å². The summed E-state index contributed by atoms with van der Waals surface area (Å²) in [6.07, 6.45) is 1.37. The molecule has 1 heterocycles. The number of furan rings is 1. The first-order chi connectivity index (χ1) is 7.69. The summed E-state index contributed by atoms with van der Waals surface area (Å²) in [5, 5.41) is 0. The molecular formula is C10H16N2O4. The Morgan fingerprint density at radius 1 is 1.69 bits per heavy atom. The number of ether oxygens (including phenoxy) is 2. The van der Waals surface area contributed by atoms with Crippen LogP contribution >= 0.6 is 0 Å². The number of carbonyl (C=O) groups excluding carboxylic acids is 1. The van der Waals surface area contributed by atoms with E-state index < -0.39 is 5.91 Å². The molecule has 1 unspecified atom stereocenters. The Hall–Kier alpha value is -1.37. The SMILES string of the molecule is COCC(C)OCc1ccoc1C(=O)NN. The molecule has 0 saturated heterocycles. The van der Waals surface area contributed by atoms with Gasteiger partial charge in [-0.25, -0.2) is 5.84 Å². The van der Waals surface area contributed by atoms with Gasteiger partial charge >= 0.3 is 5.91 Å². The second-order valence-electron chi connectivity index (χ2n) is 3.33. The smallest absolute Gasteiger partial charge is 0.301 e. The van der Waals surface area contributed by atoms with Gasteiger partial charge in [-0.2, -0.15) is 0 Å². The maximum Gasteiger partial charge on any atom is 0.301 e. The normalized spacial score (nSPS) is 12.4. The molecule has 1 amide bonds. The van der Waals surface area contributed by atoms with Gasteiger partial charge in [0.25, 0.3) is 0 Å². The molecule has 0 fully saturated rings. The molecule has 6 heteroatoms. The third kappa shape index (κ3) is 3.34. The molecule has 0 spiro atoms. The van der Waals surface area contributed by atoms with Gasteiger partial charge in [0, 0.05) is 12.7 Å². The van der Waals surface area contributed by atoms with Crippen LogP contribution in [0.1, 0.15) is 23.0 Å². The van der Waals surface area contributed by atoms with Crippen molar-refractivity contribution in [1.82, 2.24) is 5.43 Å². The van der Waals surface area contributed by atoms with E-state index in [0.717, 1.165) is 0 Å². The average molecular weight is 228 g/mol. The summed E-state index contributed by atoms with van der Waals surface area (Å²) in [7, 11) is 1.60. The number of nitrogens with one attached hydrogen (secondary N) is 1. The summed E-state index contributed by atoms with van der Waals surface area (Å²) < 4.78 is 15.4. The van der Waals surface area contributed by atoms with Crippen molar-refractivity contribution < 1.29 is 18.7 Å². The summed E-state index contributed by atoms with van der Waals surface area (Å²) in [5.41, 5.74) is 2.67. The van der Waals surface area contributed by atoms with Crippen molar-refractivity contribution in [1.29, 1.82) is 0 Å². The quantitative estimate of drug-likeness (QED) is 0.419. The van der Waals surface area contributed by atoms with Crippen molar-refractivity contribution in [3.8, 4) is 0 Å². The molecule has 0 aliphatic carbocycles. The maximum absolute atomic E-state index is 11.3. The lowest BCUT2D eigenvalue weighted by Crippen LogP contribution is -2.30. The highest BCUT2D eigenvalue weighted by molar-refractivity contribution is 5.92. The predicted molar refractivity (Wildman–Crippen MR) is 56.5 cm³/mol. The molecule has 6 nitrogen and oxygen atoms in total. The van der Waals surface area contributed by atoms with E-state index in [2.05, 4.69) is 0 Å². The third-order valence-corrected chi connectivity index (χ3v) is 2.01. The minimum Gasteiger partial charge on any atom is -0.459 e. The van der Waals surface area contributed by atoms with Crippen LogP contribution in [-0.2, 0) is 16.1 Å². The molecule has 1 aromatic heterocycles. The Balaban J connectivity index is 2.54. The molecule has 1 aromatic rings. The molecule has 1 rings (SSSR count). The zero-order valence-corrected chi connectivity index (χ0v) is 9.36. The first kappa shape index (κ1) is 12.7. The Bertz CT molecular complexity index is 337. The van der Waals surface area contributed by atoms with Crippen LogP contribution in [0.4, 0.5) is 0 Å². The van der Waals surface area contributed by atoms with Crippen LogP contribution in [0.15, 0.2) is 16.7 Å². The summed E-state index contributed by atoms with van der Waals surface area (Å²) in [4.78, 5) is 11.3. The standard InChI is InChI=1S/C10H16N2O4/c1-7(5-14-2)16-6-8-3-4-15-9(8)10(13)12-11/h3-4,7H,5-6,11H2,1-2H3,(H,12,13). The van der Waals surface area contributed by atoms with E-state index in [1.165, 1.54) is 6.26 Å². The molecule has 1 atom stereocenters. The van der Waals surface area contributed by atoms with Crippen molar-refractivity contribution in [3.05, 3.63) is 23.7 Å². The summed E-state index contributed by atoms with van der Waals surface area (Å²) in [6, 6.07) is 1.67. The molecule has 16 heavy (non-hydrogen) atoms. The van der Waals surface area contributed by atoms with Crippen molar-refractivity contribution in [2.45, 2.75) is 19.6 Å². The first-order valence-corrected chi connectivity index (χ1v) is 4.87. The monoisotopic (exact) mass is 228 g/mol. The van der Waals surface area contributed by atoms with Gasteiger partial charge in [0.2, 0.25) is 0 Å². The van der Waals surface area contributed by atoms with Gasteiger partial charge < -0.3 is 13.9 Å². The highest BCUT2D eigenvalue weighted by atomic mass is 16.5. The fourth-order valence-corrected chi connectivity index (χ4v) is 1.23. The van der Waals surface area contributed by atoms with E-state index in [4.69, 9.17) is 19.7 Å². The zero-order valence-electron chi connectivity index (χ0n) is 9.36. The average Bonchev–Trinajstić information content (AvgIpc) is 2.74. The van der Waals surface area contributed by atoms with Crippen molar-refractivity contribution in [3.63, 3.8) is 0 Å². The highest BCUT2D eigenvalue weighted by Gasteiger charge is 2.14. The van der Waals surface area contributed by atoms with Crippen molar-refractivity contribution in [2.24, 2.45) is 5.84 Å². The Labute approximate surface area is 93.7 Å². The Morgan fingerprint density at radius 2 is 2.44 bits per heavy atom. The van der Waals surface area contributed by atoms with Crippen LogP contribution in [0.2, 0.25) is 0 Å². The van der Waals surface area contributed by atoms with Crippen LogP contribution in [0.5, 0.6) is 0 Å². The fourth-order valence-electron chi connectivity index (χ4n) is 1.23. The number of nitrogen functional groups attached to an aromatic ring is 1. The van der Waals surface area contributed by atoms with Gasteiger partial charge in [-0.3, -0.25) is 10.2 Å². The van der Waals surface area contributed by atoms with E-state index >= 15 is 0 Å². The predicted octanol–water partition coefficient (Wildman–Crippen LogP) is 0.435. The molecule has 3 N–H and O–H groups in total. The molecule has 0 saturated carbocycles. The number of rotatable bonds is 6. The molecular weight excluding hydrogens is 212 g/mol. The number of hydrazine groups is 1. The van der Waals surface area contributed by atoms with Crippen molar-refractivity contribution in [2.75, 3.05) is 13.7 Å². The largest absolute Gasteiger partial charge is 0.459 e. The number of methoxy groups -OCH3 is 1. The van der Waals surface area contributed by atoms with Gasteiger partial charge in [0.1, 0.15) is 0 Å². The molecule has 0 aromatic carbocycles. The van der Waals surface area contributed by atoms with Crippen LogP contribution < -0.4 is 11.3 Å². The lowest BCUT2D eigenvalue weighted by Gasteiger charge is -2.11. The summed E-state index contributed by atoms with van der Waals surface area (Å²) in [5.74, 6) is 4.72. The number of amides is 1. The molecule has 0 radical (unpaired) electrons. The van der Waals surface area contributed by atoms with E-state index in [9.17, 15) is 4.79 Å². The second-order valence-corrected chi connectivity index (χ2v) is 3.33. The van der Waals surface area contributed by atoms with Gasteiger partial charge in [-0.05, 0) is 13.0 Å². The Morgan fingerprint density at radius 3 is 3.06 bits per heavy atom. The van der Waals surface area contributed by atoms with Gasteiger partial charge in [0.15, 0.2) is 5.76 Å². The summed E-state index contributed by atoms with van der Waals surface area (Å²) >= 11 is 0. The lowest BCUT2D eigenvalue weighted by atomic mass is 10.2. The minimum absolute atomic E-state index is 0.0475. The number of hydrogen-bond acceptors (Lipinski definition) is 5. The van der Waals surface area contributed by atoms with Crippen LogP contribution in [-0.4, -0.2) is 25.7 Å². The third-order valence-electron chi connectivity index (χ3n) is 2.01. The maximum atomic E-state index is 11.3. The summed E-state index contributed by atoms with van der Waals surface area (Å²) in [6.45, 7) is 2.66. The minimum atomic E-state index is -0.469. The molecule has 0 aliphatic heterocycles. The van der Waals surface area contributed by atoms with Gasteiger partial charge in [-0.1, -0.05) is 0 Å². The second kappa shape index (κ2) is 6.26. The van der Waals surface area contributed by atoms with Crippen LogP contribution in [0.3, 0.4) is 0 Å². The number of nitrogens with two attached hydrogens (primary N) is 1. The molecule has 0 aliphatic rings. The lowest BCUT2D eigenvalue weighted by molar-refractivity contribution is -0.000583. The van der Waals surface area contributed by atoms with E-state index in [-0.39, 0.29) is 18.5 Å². The topological polar surface area (TPSA) is 86.7 Å². The number of carbonyl (C=O) groups is 1. The Kier molecular flexibility index (Phi) is 4.97. The van der Waals surface area contributed by atoms with Crippen LogP contribution in [0, 0.1) is 0 Å². The van der Waals surface area contributed by atoms with E-state index in [0.29, 0.717) is 12.2 Å². The van der Waals surface area contributed by atoms with Gasteiger partial charge in [-0.15, -0.1) is 0 Å².